The molecule has 2 fully saturated rings. The average Bonchev–Trinajstić information content (AvgIpc) is 3.14. The molecule has 0 spiro atoms. The first-order chi connectivity index (χ1) is 24.3. The molecule has 19 nitrogen and oxygen atoms in total. The molecule has 292 valence electrons. The first-order valence-electron chi connectivity index (χ1n) is 16.4. The molecule has 0 aromatic carbocycles. The topological polar surface area (TPSA) is 261 Å². The predicted molar refractivity (Wildman–Crippen MR) is 194 cm³/mol. The second-order valence-corrected chi connectivity index (χ2v) is 10.6. The maximum atomic E-state index is 10.6. The summed E-state index contributed by atoms with van der Waals surface area (Å²) >= 11 is 0. The van der Waals surface area contributed by atoms with Gasteiger partial charge in [-0.2, -0.15) is 15.2 Å². The Morgan fingerprint density at radius 3 is 1.24 bits per heavy atom. The normalized spacial score (nSPS) is 18.7. The maximum absolute atomic E-state index is 10.6. The Morgan fingerprint density at radius 1 is 0.500 bits per heavy atom. The zero-order chi connectivity index (χ0) is 38.3. The van der Waals surface area contributed by atoms with Crippen LogP contribution in [-0.4, -0.2) is 157 Å². The summed E-state index contributed by atoms with van der Waals surface area (Å²) < 4.78 is 24.3. The minimum absolute atomic E-state index is 0.0856. The van der Waals surface area contributed by atoms with E-state index in [4.69, 9.17) is 24.0 Å². The molecule has 50 heavy (non-hydrogen) atoms. The Hall–Kier alpha value is -1.92. The van der Waals surface area contributed by atoms with Crippen molar-refractivity contribution in [2.75, 3.05) is 105 Å². The lowest BCUT2D eigenvalue weighted by Crippen LogP contribution is -2.32. The van der Waals surface area contributed by atoms with Gasteiger partial charge in [0.2, 0.25) is 0 Å². The highest BCUT2D eigenvalue weighted by Gasteiger charge is 2.08. The number of nitrogens with one attached hydrogen (secondary N) is 5. The van der Waals surface area contributed by atoms with E-state index in [1.807, 2.05) is 0 Å². The third-order valence-corrected chi connectivity index (χ3v) is 6.73. The Kier molecular flexibility index (Phi) is 43.5. The van der Waals surface area contributed by atoms with Crippen LogP contribution in [-0.2, 0) is 13.7 Å². The Balaban J connectivity index is -0.000000628. The van der Waals surface area contributed by atoms with Gasteiger partial charge >= 0.3 is 5.97 Å². The zero-order valence-corrected chi connectivity index (χ0v) is 31.9. The molecule has 1 aromatic rings. The minimum atomic E-state index is -1.34. The van der Waals surface area contributed by atoms with E-state index in [-0.39, 0.29) is 4.73 Å². The quantitative estimate of drug-likeness (QED) is 0.138. The van der Waals surface area contributed by atoms with E-state index in [0.29, 0.717) is 39.3 Å². The fourth-order valence-corrected chi connectivity index (χ4v) is 4.26. The Bertz CT molecular complexity index is 883. The van der Waals surface area contributed by atoms with E-state index < -0.39 is 17.2 Å². The molecule has 0 saturated carbocycles. The van der Waals surface area contributed by atoms with Crippen molar-refractivity contribution >= 4 is 33.3 Å². The monoisotopic (exact) mass is 775 g/mol. The Morgan fingerprint density at radius 2 is 0.840 bits per heavy atom. The van der Waals surface area contributed by atoms with Crippen LogP contribution in [0.25, 0.3) is 0 Å². The van der Waals surface area contributed by atoms with Crippen molar-refractivity contribution in [2.24, 2.45) is 0 Å². The molecule has 3 rings (SSSR count). The molecule has 0 radical (unpaired) electrons. The summed E-state index contributed by atoms with van der Waals surface area (Å²) in [5, 5.41) is 66.7. The number of hydrogen-bond acceptors (Lipinski definition) is 17. The molecule has 0 atom stereocenters. The van der Waals surface area contributed by atoms with Crippen LogP contribution < -0.4 is 32.1 Å². The third kappa shape index (κ3) is 34.5. The van der Waals surface area contributed by atoms with Crippen LogP contribution in [0.5, 0.6) is 0 Å². The summed E-state index contributed by atoms with van der Waals surface area (Å²) in [5.41, 5.74) is -1.21. The fraction of sp³-hybridized carbons (Fsp3) is 0.786. The summed E-state index contributed by atoms with van der Waals surface area (Å²) in [5.74, 6) is -1.34. The van der Waals surface area contributed by atoms with Crippen LogP contribution in [0.1, 0.15) is 49.0 Å². The van der Waals surface area contributed by atoms with Gasteiger partial charge in [-0.15, -0.1) is 4.73 Å². The average molecular weight is 776 g/mol. The third-order valence-electron chi connectivity index (χ3n) is 6.73. The van der Waals surface area contributed by atoms with Gasteiger partial charge in [-0.1, -0.05) is 6.07 Å². The van der Waals surface area contributed by atoms with Crippen LogP contribution in [0.2, 0.25) is 0 Å². The smallest absolute Gasteiger partial charge is 0.356 e. The first kappa shape index (κ1) is 52.4. The number of carboxylic acids is 1. The summed E-state index contributed by atoms with van der Waals surface area (Å²) in [6, 6.07) is 3.45. The molecule has 22 heteroatoms. The highest BCUT2D eigenvalue weighted by molar-refractivity contribution is 7.00. The molecular weight excluding hydrogens is 715 g/mol. The molecule has 1 aromatic heterocycles. The van der Waals surface area contributed by atoms with E-state index in [1.54, 1.807) is 27.4 Å². The minimum Gasteiger partial charge on any atom is -0.476 e. The van der Waals surface area contributed by atoms with Crippen molar-refractivity contribution in [3.05, 3.63) is 34.2 Å². The number of nitrogens with zero attached hydrogens (tertiary/aromatic N) is 4. The van der Waals surface area contributed by atoms with E-state index in [0.717, 1.165) is 96.8 Å². The molecule has 2 saturated heterocycles. The lowest BCUT2D eigenvalue weighted by molar-refractivity contribution is -0.122. The van der Waals surface area contributed by atoms with Crippen molar-refractivity contribution in [1.82, 2.24) is 46.5 Å². The van der Waals surface area contributed by atoms with Gasteiger partial charge < -0.3 is 52.5 Å². The Labute approximate surface area is 301 Å². The van der Waals surface area contributed by atoms with Gasteiger partial charge in [0.05, 0.1) is 0 Å². The van der Waals surface area contributed by atoms with Gasteiger partial charge in [0.25, 0.3) is 5.56 Å². The van der Waals surface area contributed by atoms with Crippen molar-refractivity contribution in [3.63, 3.8) is 0 Å². The van der Waals surface area contributed by atoms with Crippen molar-refractivity contribution in [3.8, 4) is 0 Å². The van der Waals surface area contributed by atoms with Crippen LogP contribution in [0.3, 0.4) is 0 Å². The number of aromatic carboxylic acids is 1. The second-order valence-electron chi connectivity index (χ2n) is 10.6. The van der Waals surface area contributed by atoms with Gasteiger partial charge in [0.1, 0.15) is 27.4 Å². The van der Waals surface area contributed by atoms with E-state index >= 15 is 0 Å². The van der Waals surface area contributed by atoms with Crippen molar-refractivity contribution < 1.29 is 44.4 Å². The molecule has 10 N–H and O–H groups in total. The summed E-state index contributed by atoms with van der Waals surface area (Å²) in [4.78, 5) is 20.8. The van der Waals surface area contributed by atoms with Crippen molar-refractivity contribution in [2.45, 2.75) is 38.5 Å². The number of pyridine rings is 1. The first-order valence-corrected chi connectivity index (χ1v) is 17.6. The molecular formula is C28H60N9O10P3. The molecule has 0 amide bonds. The summed E-state index contributed by atoms with van der Waals surface area (Å²) in [6.45, 7) is 14.0. The van der Waals surface area contributed by atoms with Crippen molar-refractivity contribution in [1.29, 1.82) is 0 Å². The SMILES string of the molecule is C1CNCCCNCCNCCCNC1.O=C(O)c1cccc(=O)n1O.O=P.O=P.O=P.ON1CCCNCCN(O)CCCN(O)CCC1. The van der Waals surface area contributed by atoms with Crippen LogP contribution in [0.4, 0.5) is 0 Å². The second kappa shape index (κ2) is 41.5. The van der Waals surface area contributed by atoms with Gasteiger partial charge in [-0.3, -0.25) is 18.5 Å². The fourth-order valence-electron chi connectivity index (χ4n) is 4.26. The molecule has 3 heterocycles. The number of hydrogen-bond donors (Lipinski definition) is 10. The highest BCUT2D eigenvalue weighted by Crippen LogP contribution is 1.96. The maximum Gasteiger partial charge on any atom is 0.356 e. The molecule has 2 aliphatic rings. The number of aromatic nitrogens is 1. The van der Waals surface area contributed by atoms with Gasteiger partial charge in [-0.25, -0.2) is 4.79 Å². The van der Waals surface area contributed by atoms with Crippen LogP contribution in [0.15, 0.2) is 23.0 Å². The predicted octanol–water partition coefficient (Wildman–Crippen LogP) is 0.570. The largest absolute Gasteiger partial charge is 0.476 e. The van der Waals surface area contributed by atoms with E-state index in [1.165, 1.54) is 40.5 Å². The molecule has 0 aliphatic carbocycles. The lowest BCUT2D eigenvalue weighted by Gasteiger charge is -2.18. The van der Waals surface area contributed by atoms with Gasteiger partial charge in [0.15, 0.2) is 5.69 Å². The number of carbonyl (C=O) groups is 1. The van der Waals surface area contributed by atoms with Crippen LogP contribution in [0, 0.1) is 0 Å². The summed E-state index contributed by atoms with van der Waals surface area (Å²) in [7, 11) is 5.17. The van der Waals surface area contributed by atoms with Gasteiger partial charge in [0, 0.05) is 65.0 Å². The van der Waals surface area contributed by atoms with Gasteiger partial charge in [-0.05, 0) is 90.4 Å². The summed E-state index contributed by atoms with van der Waals surface area (Å²) in [6.07, 6.45) is 6.01. The van der Waals surface area contributed by atoms with Crippen LogP contribution >= 0.6 is 27.4 Å². The number of rotatable bonds is 1. The number of hydroxylamine groups is 6. The molecule has 0 unspecified atom stereocenters. The standard InChI is InChI=1S/C11H26N4O3.C11H26N4.C6H5NO4.3HOP/c16-13-6-1-4-12-5-11-15(18)10-3-9-14(17)8-2-7-13;1-4-12-6-2-8-14-10-11-15-9-3-7-13-5-1;8-5-3-1-2-4(6(9)10)7(5)11;3*1-2/h12,16-18H,1-11H2;12-15H,1-11H2;1-3,11H,(H,9,10);3*2H. The molecule has 2 aliphatic heterocycles. The highest BCUT2D eigenvalue weighted by atomic mass is 31.0. The van der Waals surface area contributed by atoms with E-state index in [2.05, 4.69) is 26.6 Å². The molecule has 0 bridgehead atoms. The lowest BCUT2D eigenvalue weighted by atomic mass is 10.3. The van der Waals surface area contributed by atoms with E-state index in [9.17, 15) is 25.2 Å². The number of carboxylic acid groups (broad SMARTS) is 1. The zero-order valence-electron chi connectivity index (χ0n) is 28.9.